The summed E-state index contributed by atoms with van der Waals surface area (Å²) >= 11 is 5.79. The normalized spacial score (nSPS) is 13.1. The number of halogens is 1. The van der Waals surface area contributed by atoms with E-state index in [0.717, 1.165) is 5.69 Å². The molecule has 0 spiro atoms. The number of anilines is 1. The Labute approximate surface area is 126 Å². The number of pyridine rings is 1. The third-order valence-corrected chi connectivity index (χ3v) is 3.61. The van der Waals surface area contributed by atoms with Crippen LogP contribution in [0, 0.1) is 0 Å². The highest BCUT2D eigenvalue weighted by Crippen LogP contribution is 2.25. The maximum absolute atomic E-state index is 5.79. The highest BCUT2D eigenvalue weighted by molar-refractivity contribution is 6.29. The summed E-state index contributed by atoms with van der Waals surface area (Å²) in [5, 5.41) is 3.93. The molecule has 2 rings (SSSR count). The minimum Gasteiger partial charge on any atom is -0.377 e. The van der Waals surface area contributed by atoms with E-state index in [9.17, 15) is 0 Å². The smallest absolute Gasteiger partial charge is 0.129 e. The second-order valence-electron chi connectivity index (χ2n) is 6.11. The van der Waals surface area contributed by atoms with Crippen LogP contribution in [0.2, 0.25) is 5.15 Å². The fourth-order valence-corrected chi connectivity index (χ4v) is 2.18. The van der Waals surface area contributed by atoms with Gasteiger partial charge < -0.3 is 5.32 Å². The number of hydrogen-bond acceptors (Lipinski definition) is 2. The van der Waals surface area contributed by atoms with Crippen molar-refractivity contribution in [2.24, 2.45) is 0 Å². The third kappa shape index (κ3) is 3.73. The minimum absolute atomic E-state index is 0.190. The molecule has 0 fully saturated rings. The Balaban J connectivity index is 2.09. The minimum atomic E-state index is 0.190. The lowest BCUT2D eigenvalue weighted by atomic mass is 9.86. The number of aromatic nitrogens is 1. The Morgan fingerprint density at radius 3 is 2.20 bits per heavy atom. The first-order valence-electron chi connectivity index (χ1n) is 6.85. The molecule has 1 unspecified atom stereocenters. The first-order chi connectivity index (χ1) is 9.36. The molecule has 0 aliphatic heterocycles. The standard InChI is InChI=1S/C17H21ClN2/c1-12(20-15-9-10-16(18)19-11-15)13-5-7-14(8-6-13)17(2,3)4/h5-12,20H,1-4H3. The molecule has 1 aromatic carbocycles. The molecule has 0 aliphatic rings. The van der Waals surface area contributed by atoms with Crippen LogP contribution in [0.25, 0.3) is 0 Å². The maximum atomic E-state index is 5.79. The first-order valence-corrected chi connectivity index (χ1v) is 7.22. The zero-order valence-corrected chi connectivity index (χ0v) is 13.2. The highest BCUT2D eigenvalue weighted by atomic mass is 35.5. The number of hydrogen-bond donors (Lipinski definition) is 1. The van der Waals surface area contributed by atoms with E-state index < -0.39 is 0 Å². The average molecular weight is 289 g/mol. The van der Waals surface area contributed by atoms with Gasteiger partial charge in [0, 0.05) is 6.04 Å². The van der Waals surface area contributed by atoms with Gasteiger partial charge in [0.2, 0.25) is 0 Å². The average Bonchev–Trinajstić information content (AvgIpc) is 2.40. The van der Waals surface area contributed by atoms with Crippen molar-refractivity contribution in [3.63, 3.8) is 0 Å². The van der Waals surface area contributed by atoms with Gasteiger partial charge in [0.1, 0.15) is 5.15 Å². The van der Waals surface area contributed by atoms with E-state index in [-0.39, 0.29) is 11.5 Å². The van der Waals surface area contributed by atoms with Crippen LogP contribution >= 0.6 is 11.6 Å². The summed E-state index contributed by atoms with van der Waals surface area (Å²) in [6.45, 7) is 8.82. The molecule has 2 nitrogen and oxygen atoms in total. The number of rotatable bonds is 3. The van der Waals surface area contributed by atoms with E-state index in [4.69, 9.17) is 11.6 Å². The first kappa shape index (κ1) is 14.9. The zero-order chi connectivity index (χ0) is 14.8. The maximum Gasteiger partial charge on any atom is 0.129 e. The molecule has 20 heavy (non-hydrogen) atoms. The third-order valence-electron chi connectivity index (χ3n) is 3.39. The Bertz CT molecular complexity index is 553. The van der Waals surface area contributed by atoms with Crippen molar-refractivity contribution in [2.45, 2.75) is 39.2 Å². The van der Waals surface area contributed by atoms with Crippen molar-refractivity contribution in [2.75, 3.05) is 5.32 Å². The molecule has 0 radical (unpaired) electrons. The van der Waals surface area contributed by atoms with E-state index in [1.165, 1.54) is 11.1 Å². The quantitative estimate of drug-likeness (QED) is 0.785. The van der Waals surface area contributed by atoms with Gasteiger partial charge in [0.15, 0.2) is 0 Å². The van der Waals surface area contributed by atoms with Gasteiger partial charge in [-0.05, 0) is 35.6 Å². The molecule has 1 aromatic heterocycles. The molecule has 0 bridgehead atoms. The van der Waals surface area contributed by atoms with E-state index in [1.54, 1.807) is 12.3 Å². The van der Waals surface area contributed by atoms with Gasteiger partial charge in [-0.15, -0.1) is 0 Å². The lowest BCUT2D eigenvalue weighted by Crippen LogP contribution is -2.12. The summed E-state index contributed by atoms with van der Waals surface area (Å²) in [5.41, 5.74) is 3.77. The van der Waals surface area contributed by atoms with Crippen molar-refractivity contribution in [1.29, 1.82) is 0 Å². The van der Waals surface area contributed by atoms with E-state index in [1.807, 2.05) is 6.07 Å². The summed E-state index contributed by atoms with van der Waals surface area (Å²) in [6.07, 6.45) is 1.75. The van der Waals surface area contributed by atoms with Crippen LogP contribution in [0.4, 0.5) is 5.69 Å². The SMILES string of the molecule is CC(Nc1ccc(Cl)nc1)c1ccc(C(C)(C)C)cc1. The zero-order valence-electron chi connectivity index (χ0n) is 12.4. The van der Waals surface area contributed by atoms with Crippen LogP contribution in [0.3, 0.4) is 0 Å². The van der Waals surface area contributed by atoms with Gasteiger partial charge in [0.25, 0.3) is 0 Å². The fourth-order valence-electron chi connectivity index (χ4n) is 2.07. The largest absolute Gasteiger partial charge is 0.377 e. The highest BCUT2D eigenvalue weighted by Gasteiger charge is 2.14. The lowest BCUT2D eigenvalue weighted by molar-refractivity contribution is 0.589. The summed E-state index contributed by atoms with van der Waals surface area (Å²) in [5.74, 6) is 0. The number of benzene rings is 1. The van der Waals surface area contributed by atoms with E-state index in [0.29, 0.717) is 5.15 Å². The Kier molecular flexibility index (Phi) is 4.34. The van der Waals surface area contributed by atoms with Crippen molar-refractivity contribution < 1.29 is 0 Å². The van der Waals surface area contributed by atoms with Gasteiger partial charge in [-0.3, -0.25) is 0 Å². The van der Waals surface area contributed by atoms with E-state index >= 15 is 0 Å². The molecule has 0 saturated heterocycles. The van der Waals surface area contributed by atoms with Crippen LogP contribution < -0.4 is 5.32 Å². The Hall–Kier alpha value is -1.54. The molecule has 0 aliphatic carbocycles. The molecule has 106 valence electrons. The molecule has 2 aromatic rings. The fraction of sp³-hybridized carbons (Fsp3) is 0.353. The molecule has 3 heteroatoms. The van der Waals surface area contributed by atoms with Gasteiger partial charge in [-0.2, -0.15) is 0 Å². The molecule has 1 atom stereocenters. The molecule has 1 heterocycles. The Morgan fingerprint density at radius 1 is 1.05 bits per heavy atom. The predicted octanol–water partition coefficient (Wildman–Crippen LogP) is 5.21. The van der Waals surface area contributed by atoms with Gasteiger partial charge in [0.05, 0.1) is 11.9 Å². The molecule has 1 N–H and O–H groups in total. The molecular formula is C17H21ClN2. The molecule has 0 amide bonds. The second kappa shape index (κ2) is 5.84. The summed E-state index contributed by atoms with van der Waals surface area (Å²) in [7, 11) is 0. The lowest BCUT2D eigenvalue weighted by Gasteiger charge is -2.21. The summed E-state index contributed by atoms with van der Waals surface area (Å²) in [4.78, 5) is 4.08. The van der Waals surface area contributed by atoms with Crippen molar-refractivity contribution in [1.82, 2.24) is 4.98 Å². The number of nitrogens with zero attached hydrogens (tertiary/aromatic N) is 1. The van der Waals surface area contributed by atoms with E-state index in [2.05, 4.69) is 62.3 Å². The van der Waals surface area contributed by atoms with Gasteiger partial charge in [-0.25, -0.2) is 4.98 Å². The van der Waals surface area contributed by atoms with Crippen LogP contribution in [0.5, 0.6) is 0 Å². The summed E-state index contributed by atoms with van der Waals surface area (Å²) in [6, 6.07) is 12.7. The topological polar surface area (TPSA) is 24.9 Å². The van der Waals surface area contributed by atoms with Crippen molar-refractivity contribution in [3.8, 4) is 0 Å². The number of nitrogens with one attached hydrogen (secondary N) is 1. The monoisotopic (exact) mass is 288 g/mol. The van der Waals surface area contributed by atoms with Gasteiger partial charge >= 0.3 is 0 Å². The van der Waals surface area contributed by atoms with Crippen molar-refractivity contribution in [3.05, 3.63) is 58.9 Å². The predicted molar refractivity (Wildman–Crippen MR) is 86.4 cm³/mol. The molecular weight excluding hydrogens is 268 g/mol. The van der Waals surface area contributed by atoms with Crippen LogP contribution in [0.15, 0.2) is 42.6 Å². The van der Waals surface area contributed by atoms with Crippen LogP contribution in [-0.4, -0.2) is 4.98 Å². The van der Waals surface area contributed by atoms with Crippen LogP contribution in [-0.2, 0) is 5.41 Å². The Morgan fingerprint density at radius 2 is 1.70 bits per heavy atom. The van der Waals surface area contributed by atoms with Gasteiger partial charge in [-0.1, -0.05) is 56.6 Å². The van der Waals surface area contributed by atoms with Crippen LogP contribution in [0.1, 0.15) is 44.9 Å². The second-order valence-corrected chi connectivity index (χ2v) is 6.49. The van der Waals surface area contributed by atoms with Crippen molar-refractivity contribution >= 4 is 17.3 Å². The summed E-state index contributed by atoms with van der Waals surface area (Å²) < 4.78 is 0. The molecule has 0 saturated carbocycles.